The predicted octanol–water partition coefficient (Wildman–Crippen LogP) is 2.04. The molecule has 7 heteroatoms. The number of H-pyrrole nitrogens is 1. The van der Waals surface area contributed by atoms with E-state index in [-0.39, 0.29) is 12.3 Å². The lowest BCUT2D eigenvalue weighted by Crippen LogP contribution is -2.47. The topological polar surface area (TPSA) is 91.5 Å². The van der Waals surface area contributed by atoms with E-state index in [0.717, 1.165) is 16.3 Å². The molecule has 0 saturated carbocycles. The van der Waals surface area contributed by atoms with E-state index < -0.39 is 17.5 Å². The Morgan fingerprint density at radius 1 is 1.27 bits per heavy atom. The summed E-state index contributed by atoms with van der Waals surface area (Å²) in [4.78, 5) is 42.4. The molecule has 2 aliphatic rings. The van der Waals surface area contributed by atoms with Crippen LogP contribution in [0.5, 0.6) is 5.75 Å². The van der Waals surface area contributed by atoms with Crippen molar-refractivity contribution in [3.8, 4) is 5.75 Å². The van der Waals surface area contributed by atoms with Gasteiger partial charge in [-0.05, 0) is 26.0 Å². The first kappa shape index (κ1) is 16.4. The van der Waals surface area contributed by atoms with Gasteiger partial charge < -0.3 is 15.0 Å². The lowest BCUT2D eigenvalue weighted by Gasteiger charge is -2.33. The molecule has 4 rings (SSSR count). The number of aromatic nitrogens is 1. The van der Waals surface area contributed by atoms with Crippen molar-refractivity contribution in [2.75, 3.05) is 13.2 Å². The molecule has 3 amide bonds. The first-order valence-electron chi connectivity index (χ1n) is 8.48. The number of benzene rings is 1. The fourth-order valence-electron chi connectivity index (χ4n) is 3.76. The van der Waals surface area contributed by atoms with E-state index in [1.807, 2.05) is 13.0 Å². The van der Waals surface area contributed by atoms with Crippen molar-refractivity contribution < 1.29 is 19.1 Å². The van der Waals surface area contributed by atoms with Gasteiger partial charge in [-0.25, -0.2) is 4.79 Å². The van der Waals surface area contributed by atoms with Crippen molar-refractivity contribution in [2.24, 2.45) is 0 Å². The highest BCUT2D eigenvalue weighted by Gasteiger charge is 2.55. The van der Waals surface area contributed by atoms with E-state index in [1.54, 1.807) is 31.2 Å². The molecule has 1 saturated heterocycles. The number of ether oxygens (including phenoxy) is 1. The number of carbonyl (C=O) groups excluding carboxylic acids is 3. The fraction of sp³-hybridized carbons (Fsp3) is 0.316. The summed E-state index contributed by atoms with van der Waals surface area (Å²) in [5, 5.41) is 2.80. The van der Waals surface area contributed by atoms with Crippen LogP contribution in [0.25, 0.3) is 0 Å². The van der Waals surface area contributed by atoms with Crippen molar-refractivity contribution in [3.63, 3.8) is 0 Å². The Balaban J connectivity index is 1.65. The Morgan fingerprint density at radius 2 is 2.04 bits per heavy atom. The third-order valence-electron chi connectivity index (χ3n) is 5.01. The number of fused-ring (bicyclic) bond motifs is 2. The van der Waals surface area contributed by atoms with Gasteiger partial charge in [0.15, 0.2) is 11.3 Å². The number of Topliss-reactive ketones (excluding diaryl/α,β-unsaturated/α-hetero) is 1. The Hall–Kier alpha value is -3.09. The van der Waals surface area contributed by atoms with Gasteiger partial charge in [0, 0.05) is 28.9 Å². The number of nitrogens with zero attached hydrogens (tertiary/aromatic N) is 1. The summed E-state index contributed by atoms with van der Waals surface area (Å²) in [5.74, 6) is -0.0954. The van der Waals surface area contributed by atoms with Crippen LogP contribution in [-0.2, 0) is 10.3 Å². The van der Waals surface area contributed by atoms with E-state index in [2.05, 4.69) is 10.3 Å². The number of carbonyl (C=O) groups is 3. The quantitative estimate of drug-likeness (QED) is 0.652. The highest BCUT2D eigenvalue weighted by Crippen LogP contribution is 2.40. The third kappa shape index (κ3) is 2.31. The van der Waals surface area contributed by atoms with Gasteiger partial charge in [0.2, 0.25) is 0 Å². The number of hydrogen-bond donors (Lipinski definition) is 2. The van der Waals surface area contributed by atoms with Gasteiger partial charge in [-0.2, -0.15) is 0 Å². The molecule has 2 aliphatic heterocycles. The molecular weight excluding hydrogens is 334 g/mol. The minimum atomic E-state index is -1.16. The number of imide groups is 1. The monoisotopic (exact) mass is 353 g/mol. The molecule has 7 nitrogen and oxygen atoms in total. The van der Waals surface area contributed by atoms with Crippen LogP contribution in [-0.4, -0.2) is 40.8 Å². The first-order valence-corrected chi connectivity index (χ1v) is 8.48. The number of urea groups is 1. The zero-order chi connectivity index (χ0) is 18.5. The molecule has 0 aliphatic carbocycles. The van der Waals surface area contributed by atoms with Crippen molar-refractivity contribution in [3.05, 3.63) is 52.8 Å². The number of aryl methyl sites for hydroxylation is 2. The SMILES string of the molecule is Cc1cc(C(=O)CN2C(=O)N[C@]3(CCOc4ccccc43)C2=O)c(C)[nH]1. The average molecular weight is 353 g/mol. The zero-order valence-corrected chi connectivity index (χ0v) is 14.6. The van der Waals surface area contributed by atoms with E-state index in [9.17, 15) is 14.4 Å². The molecule has 1 aromatic heterocycles. The fourth-order valence-corrected chi connectivity index (χ4v) is 3.76. The molecule has 1 atom stereocenters. The van der Waals surface area contributed by atoms with Crippen LogP contribution in [0.3, 0.4) is 0 Å². The lowest BCUT2D eigenvalue weighted by molar-refractivity contribution is -0.132. The van der Waals surface area contributed by atoms with Crippen LogP contribution in [0.15, 0.2) is 30.3 Å². The molecule has 2 N–H and O–H groups in total. The van der Waals surface area contributed by atoms with Gasteiger partial charge in [-0.3, -0.25) is 14.5 Å². The summed E-state index contributed by atoms with van der Waals surface area (Å²) < 4.78 is 5.60. The second-order valence-electron chi connectivity index (χ2n) is 6.74. The summed E-state index contributed by atoms with van der Waals surface area (Å²) in [6.45, 7) is 3.68. The Kier molecular flexibility index (Phi) is 3.61. The summed E-state index contributed by atoms with van der Waals surface area (Å²) >= 11 is 0. The van der Waals surface area contributed by atoms with Gasteiger partial charge in [0.05, 0.1) is 13.2 Å². The van der Waals surface area contributed by atoms with Gasteiger partial charge in [-0.1, -0.05) is 18.2 Å². The molecule has 0 radical (unpaired) electrons. The normalized spacial score (nSPS) is 21.5. The minimum Gasteiger partial charge on any atom is -0.493 e. The number of aromatic amines is 1. The second-order valence-corrected chi connectivity index (χ2v) is 6.74. The molecule has 0 bridgehead atoms. The molecular formula is C19H19N3O4. The van der Waals surface area contributed by atoms with E-state index >= 15 is 0 Å². The largest absolute Gasteiger partial charge is 0.493 e. The molecule has 134 valence electrons. The van der Waals surface area contributed by atoms with E-state index in [0.29, 0.717) is 29.9 Å². The molecule has 0 unspecified atom stereocenters. The van der Waals surface area contributed by atoms with E-state index in [4.69, 9.17) is 4.74 Å². The molecule has 2 aromatic rings. The van der Waals surface area contributed by atoms with Crippen molar-refractivity contribution in [1.29, 1.82) is 0 Å². The van der Waals surface area contributed by atoms with Crippen LogP contribution < -0.4 is 10.1 Å². The van der Waals surface area contributed by atoms with Gasteiger partial charge in [0.25, 0.3) is 5.91 Å². The average Bonchev–Trinajstić information content (AvgIpc) is 3.07. The van der Waals surface area contributed by atoms with Crippen molar-refractivity contribution >= 4 is 17.7 Å². The van der Waals surface area contributed by atoms with Crippen LogP contribution in [0.4, 0.5) is 4.79 Å². The minimum absolute atomic E-state index is 0.271. The Morgan fingerprint density at radius 3 is 2.77 bits per heavy atom. The van der Waals surface area contributed by atoms with Crippen molar-refractivity contribution in [1.82, 2.24) is 15.2 Å². The highest BCUT2D eigenvalue weighted by atomic mass is 16.5. The zero-order valence-electron chi connectivity index (χ0n) is 14.6. The summed E-state index contributed by atoms with van der Waals surface area (Å²) in [6.07, 6.45) is 0.335. The number of amides is 3. The highest BCUT2D eigenvalue weighted by molar-refractivity contribution is 6.12. The molecule has 1 fully saturated rings. The van der Waals surface area contributed by atoms with Crippen LogP contribution in [0.2, 0.25) is 0 Å². The first-order chi connectivity index (χ1) is 12.4. The molecule has 3 heterocycles. The standard InChI is InChI=1S/C19H19N3O4/c1-11-9-13(12(2)20-11)15(23)10-22-17(24)19(21-18(22)25)7-8-26-16-6-4-3-5-14(16)19/h3-6,9,20H,7-8,10H2,1-2H3,(H,21,25)/t19-/m0/s1. The number of hydrogen-bond acceptors (Lipinski definition) is 4. The summed E-state index contributed by atoms with van der Waals surface area (Å²) in [5.41, 5.74) is 1.56. The maximum atomic E-state index is 13.1. The summed E-state index contributed by atoms with van der Waals surface area (Å²) in [7, 11) is 0. The lowest BCUT2D eigenvalue weighted by atomic mass is 9.84. The van der Waals surface area contributed by atoms with Gasteiger partial charge >= 0.3 is 6.03 Å². The second kappa shape index (κ2) is 5.72. The Bertz CT molecular complexity index is 933. The van der Waals surface area contributed by atoms with Gasteiger partial charge in [0.1, 0.15) is 5.75 Å². The number of ketones is 1. The predicted molar refractivity (Wildman–Crippen MR) is 93.1 cm³/mol. The molecule has 1 aromatic carbocycles. The Labute approximate surface area is 150 Å². The van der Waals surface area contributed by atoms with Crippen LogP contribution in [0, 0.1) is 13.8 Å². The van der Waals surface area contributed by atoms with Crippen LogP contribution >= 0.6 is 0 Å². The van der Waals surface area contributed by atoms with Crippen molar-refractivity contribution in [2.45, 2.75) is 25.8 Å². The number of rotatable bonds is 3. The van der Waals surface area contributed by atoms with Gasteiger partial charge in [-0.15, -0.1) is 0 Å². The maximum Gasteiger partial charge on any atom is 0.325 e. The smallest absolute Gasteiger partial charge is 0.325 e. The number of para-hydroxylation sites is 1. The van der Waals surface area contributed by atoms with E-state index in [1.165, 1.54) is 0 Å². The summed E-state index contributed by atoms with van der Waals surface area (Å²) in [6, 6.07) is 8.35. The molecule has 26 heavy (non-hydrogen) atoms. The number of nitrogens with one attached hydrogen (secondary N) is 2. The third-order valence-corrected chi connectivity index (χ3v) is 5.01. The van der Waals surface area contributed by atoms with Crippen LogP contribution in [0.1, 0.15) is 33.7 Å². The molecule has 1 spiro atoms. The maximum absolute atomic E-state index is 13.1.